The van der Waals surface area contributed by atoms with Crippen molar-refractivity contribution in [2.75, 3.05) is 6.61 Å². The minimum absolute atomic E-state index is 0.110. The molecule has 6 nitrogen and oxygen atoms in total. The van der Waals surface area contributed by atoms with Crippen LogP contribution in [0, 0.1) is 0 Å². The van der Waals surface area contributed by atoms with Crippen molar-refractivity contribution in [2.45, 2.75) is 45.2 Å². The summed E-state index contributed by atoms with van der Waals surface area (Å²) in [5.41, 5.74) is 0.743. The van der Waals surface area contributed by atoms with Crippen LogP contribution in [0.2, 0.25) is 0 Å². The molecule has 0 aromatic carbocycles. The average Bonchev–Trinajstić information content (AvgIpc) is 2.63. The second kappa shape index (κ2) is 9.03. The zero-order valence-electron chi connectivity index (χ0n) is 14.9. The van der Waals surface area contributed by atoms with E-state index in [1.54, 1.807) is 25.3 Å². The fourth-order valence-electron chi connectivity index (χ4n) is 2.63. The van der Waals surface area contributed by atoms with Crippen molar-refractivity contribution in [3.05, 3.63) is 36.2 Å². The van der Waals surface area contributed by atoms with E-state index >= 15 is 0 Å². The average molecular weight is 402 g/mol. The van der Waals surface area contributed by atoms with E-state index in [0.717, 1.165) is 5.56 Å². The van der Waals surface area contributed by atoms with Crippen LogP contribution in [0.4, 0.5) is 13.2 Å². The summed E-state index contributed by atoms with van der Waals surface area (Å²) < 4.78 is 41.4. The summed E-state index contributed by atoms with van der Waals surface area (Å²) in [6, 6.07) is 2.80. The Bertz CT molecular complexity index is 694. The van der Waals surface area contributed by atoms with Gasteiger partial charge in [0.1, 0.15) is 4.99 Å². The van der Waals surface area contributed by atoms with E-state index in [1.165, 1.54) is 12.3 Å². The maximum absolute atomic E-state index is 12.2. The number of aromatic nitrogens is 1. The Morgan fingerprint density at radius 1 is 1.44 bits per heavy atom. The number of nitrogens with zero attached hydrogens (tertiary/aromatic N) is 2. The van der Waals surface area contributed by atoms with Crippen molar-refractivity contribution in [1.82, 2.24) is 20.5 Å². The number of ether oxygens (including phenoxy) is 1. The van der Waals surface area contributed by atoms with Crippen molar-refractivity contribution in [3.8, 4) is 5.88 Å². The topological polar surface area (TPSA) is 66.5 Å². The minimum atomic E-state index is -4.42. The molecule has 2 N–H and O–H groups in total. The summed E-state index contributed by atoms with van der Waals surface area (Å²) in [5.74, 6) is -0.250. The Labute approximate surface area is 160 Å². The summed E-state index contributed by atoms with van der Waals surface area (Å²) in [5, 5.41) is 5.90. The number of halogens is 3. The molecule has 0 aliphatic carbocycles. The molecule has 0 fully saturated rings. The maximum atomic E-state index is 12.2. The van der Waals surface area contributed by atoms with Gasteiger partial charge in [-0.1, -0.05) is 32.1 Å². The number of nitrogens with one attached hydrogen (secondary N) is 2. The third-order valence-corrected chi connectivity index (χ3v) is 4.23. The number of pyridine rings is 1. The highest BCUT2D eigenvalue weighted by atomic mass is 32.1. The van der Waals surface area contributed by atoms with Crippen LogP contribution in [0.3, 0.4) is 0 Å². The van der Waals surface area contributed by atoms with Gasteiger partial charge in [-0.05, 0) is 18.1 Å². The van der Waals surface area contributed by atoms with Crippen LogP contribution < -0.4 is 15.4 Å². The van der Waals surface area contributed by atoms with E-state index in [1.807, 2.05) is 11.8 Å². The Balaban J connectivity index is 2.19. The van der Waals surface area contributed by atoms with Gasteiger partial charge in [0.25, 0.3) is 0 Å². The monoisotopic (exact) mass is 402 g/mol. The third kappa shape index (κ3) is 5.81. The first-order valence-electron chi connectivity index (χ1n) is 8.45. The molecule has 27 heavy (non-hydrogen) atoms. The molecule has 1 aromatic heterocycles. The van der Waals surface area contributed by atoms with Gasteiger partial charge in [0.2, 0.25) is 11.8 Å². The minimum Gasteiger partial charge on any atom is -0.468 e. The highest BCUT2D eigenvalue weighted by molar-refractivity contribution is 7.80. The van der Waals surface area contributed by atoms with E-state index in [9.17, 15) is 18.0 Å². The molecule has 1 aliphatic rings. The van der Waals surface area contributed by atoms with E-state index in [0.29, 0.717) is 17.8 Å². The van der Waals surface area contributed by atoms with Crippen molar-refractivity contribution >= 4 is 23.1 Å². The van der Waals surface area contributed by atoms with Gasteiger partial charge in [-0.25, -0.2) is 4.98 Å². The van der Waals surface area contributed by atoms with Crippen LogP contribution in [0.15, 0.2) is 30.6 Å². The maximum Gasteiger partial charge on any atom is 0.422 e. The van der Waals surface area contributed by atoms with Crippen LogP contribution >= 0.6 is 12.2 Å². The zero-order valence-corrected chi connectivity index (χ0v) is 15.7. The van der Waals surface area contributed by atoms with E-state index in [4.69, 9.17) is 12.2 Å². The lowest BCUT2D eigenvalue weighted by atomic mass is 10.0. The second-order valence-corrected chi connectivity index (χ2v) is 6.25. The lowest BCUT2D eigenvalue weighted by Crippen LogP contribution is -2.59. The first-order chi connectivity index (χ1) is 12.7. The van der Waals surface area contributed by atoms with Crippen molar-refractivity contribution in [1.29, 1.82) is 0 Å². The molecule has 0 bridgehead atoms. The number of thiocarbonyl (C=S) groups is 1. The number of hydrogen-bond acceptors (Lipinski definition) is 5. The standard InChI is InChI=1S/C17H21F3N4O2S/c1-3-12(11-5-6-14(22-9-11)26-10-17(18,19)20)24-15(27)7-8-21-16(24)23-13(25)4-2/h5-9,12,16,21H,3-4,10H2,1-2H3,(H,23,25). The highest BCUT2D eigenvalue weighted by Crippen LogP contribution is 2.28. The fraction of sp³-hybridized carbons (Fsp3) is 0.471. The van der Waals surface area contributed by atoms with Crippen LogP contribution in [-0.4, -0.2) is 39.9 Å². The van der Waals surface area contributed by atoms with Gasteiger partial charge in [0.05, 0.1) is 6.04 Å². The van der Waals surface area contributed by atoms with Crippen LogP contribution in [-0.2, 0) is 4.79 Å². The lowest BCUT2D eigenvalue weighted by molar-refractivity contribution is -0.154. The lowest BCUT2D eigenvalue weighted by Gasteiger charge is -2.41. The number of carbonyl (C=O) groups excluding carboxylic acids is 1. The first kappa shape index (κ1) is 20.9. The van der Waals surface area contributed by atoms with Crippen molar-refractivity contribution < 1.29 is 22.7 Å². The molecule has 1 aliphatic heterocycles. The Morgan fingerprint density at radius 2 is 2.19 bits per heavy atom. The van der Waals surface area contributed by atoms with E-state index in [2.05, 4.69) is 20.4 Å². The molecule has 148 valence electrons. The van der Waals surface area contributed by atoms with Gasteiger partial charge < -0.3 is 20.3 Å². The molecule has 0 saturated carbocycles. The molecule has 2 unspecified atom stereocenters. The van der Waals surface area contributed by atoms with Crippen LogP contribution in [0.25, 0.3) is 0 Å². The van der Waals surface area contributed by atoms with Gasteiger partial charge in [-0.2, -0.15) is 13.2 Å². The summed E-state index contributed by atoms with van der Waals surface area (Å²) >= 11 is 5.42. The van der Waals surface area contributed by atoms with Gasteiger partial charge in [-0.15, -0.1) is 0 Å². The molecule has 0 radical (unpaired) electrons. The smallest absolute Gasteiger partial charge is 0.422 e. The molecule has 10 heteroatoms. The number of carbonyl (C=O) groups is 1. The van der Waals surface area contributed by atoms with Gasteiger partial charge >= 0.3 is 6.18 Å². The molecular weight excluding hydrogens is 381 g/mol. The quantitative estimate of drug-likeness (QED) is 0.684. The normalized spacial score (nSPS) is 18.0. The zero-order chi connectivity index (χ0) is 20.0. The largest absolute Gasteiger partial charge is 0.468 e. The predicted molar refractivity (Wildman–Crippen MR) is 97.8 cm³/mol. The second-order valence-electron chi connectivity index (χ2n) is 5.83. The van der Waals surface area contributed by atoms with Gasteiger partial charge in [0.15, 0.2) is 12.9 Å². The highest BCUT2D eigenvalue weighted by Gasteiger charge is 2.31. The summed E-state index contributed by atoms with van der Waals surface area (Å²) in [6.07, 6.45) is 0.847. The molecule has 2 rings (SSSR count). The number of amides is 1. The van der Waals surface area contributed by atoms with Gasteiger partial charge in [-0.3, -0.25) is 4.79 Å². The molecule has 2 heterocycles. The number of rotatable bonds is 7. The third-order valence-electron chi connectivity index (χ3n) is 3.88. The Hall–Kier alpha value is -2.36. The number of hydrogen-bond donors (Lipinski definition) is 2. The molecular formula is C17H21F3N4O2S. The van der Waals surface area contributed by atoms with Crippen LogP contribution in [0.1, 0.15) is 38.3 Å². The number of alkyl halides is 3. The summed E-state index contributed by atoms with van der Waals surface area (Å²) in [7, 11) is 0. The Kier molecular flexibility index (Phi) is 7.00. The fourth-order valence-corrected chi connectivity index (χ4v) is 2.93. The molecule has 1 amide bonds. The Morgan fingerprint density at radius 3 is 2.74 bits per heavy atom. The van der Waals surface area contributed by atoms with E-state index < -0.39 is 19.1 Å². The summed E-state index contributed by atoms with van der Waals surface area (Å²) in [4.78, 5) is 18.1. The molecule has 2 atom stereocenters. The SMILES string of the molecule is CCC(=O)NC1NC=CC(=S)N1C(CC)c1ccc(OCC(F)(F)F)nc1. The van der Waals surface area contributed by atoms with Gasteiger partial charge in [0, 0.05) is 24.9 Å². The first-order valence-corrected chi connectivity index (χ1v) is 8.85. The molecule has 0 saturated heterocycles. The van der Waals surface area contributed by atoms with E-state index in [-0.39, 0.29) is 17.8 Å². The van der Waals surface area contributed by atoms with Crippen molar-refractivity contribution in [2.24, 2.45) is 0 Å². The van der Waals surface area contributed by atoms with Crippen LogP contribution in [0.5, 0.6) is 5.88 Å². The predicted octanol–water partition coefficient (Wildman–Crippen LogP) is 3.03. The summed E-state index contributed by atoms with van der Waals surface area (Å²) in [6.45, 7) is 2.29. The van der Waals surface area contributed by atoms with Crippen molar-refractivity contribution in [3.63, 3.8) is 0 Å². The molecule has 1 aromatic rings. The molecule has 0 spiro atoms.